The smallest absolute Gasteiger partial charge is 0.460 e. The number of rotatable bonds is 11. The molecule has 204 valence electrons. The Morgan fingerprint density at radius 2 is 1.53 bits per heavy atom. The van der Waals surface area contributed by atoms with Crippen LogP contribution < -0.4 is 10.4 Å². The number of hydrogen-bond donors (Lipinski definition) is 0. The molecule has 0 atom stereocenters. The summed E-state index contributed by atoms with van der Waals surface area (Å²) in [5.74, 6) is -14.3. The monoisotopic (exact) mass is 557 g/mol. The highest BCUT2D eigenvalue weighted by atomic mass is 32.2. The summed E-state index contributed by atoms with van der Waals surface area (Å²) in [7, 11) is -6.25. The van der Waals surface area contributed by atoms with Crippen LogP contribution in [0, 0.1) is 6.92 Å². The SMILES string of the molecule is Cc1cc(=O)oc2cc(OCCCCCN(C)S(=O)(=O)C(F)(F)C(F)(F)C(F)(F)C(F)(F)F)ccc12. The van der Waals surface area contributed by atoms with Gasteiger partial charge in [-0.25, -0.2) is 13.2 Å². The molecule has 0 radical (unpaired) electrons. The van der Waals surface area contributed by atoms with Crippen LogP contribution in [0.4, 0.5) is 39.5 Å². The number of nitrogens with zero attached hydrogens (tertiary/aromatic N) is 1. The number of unbranched alkanes of at least 4 members (excludes halogenated alkanes) is 2. The fourth-order valence-electron chi connectivity index (χ4n) is 3.04. The summed E-state index contributed by atoms with van der Waals surface area (Å²) in [6, 6.07) is 5.97. The van der Waals surface area contributed by atoms with Gasteiger partial charge in [0.25, 0.3) is 10.0 Å². The Bertz CT molecular complexity index is 1240. The van der Waals surface area contributed by atoms with Crippen LogP contribution >= 0.6 is 0 Å². The van der Waals surface area contributed by atoms with E-state index >= 15 is 0 Å². The molecule has 0 spiro atoms. The predicted molar refractivity (Wildman–Crippen MR) is 109 cm³/mol. The Hall–Kier alpha value is -2.49. The van der Waals surface area contributed by atoms with Crippen LogP contribution in [0.2, 0.25) is 0 Å². The lowest BCUT2D eigenvalue weighted by atomic mass is 10.1. The fraction of sp³-hybridized carbons (Fsp3) is 0.550. The Morgan fingerprint density at radius 1 is 0.917 bits per heavy atom. The number of halogens is 9. The first kappa shape index (κ1) is 29.7. The lowest BCUT2D eigenvalue weighted by Gasteiger charge is -2.34. The Balaban J connectivity index is 1.93. The van der Waals surface area contributed by atoms with Gasteiger partial charge in [-0.3, -0.25) is 0 Å². The maximum Gasteiger partial charge on any atom is 0.460 e. The Kier molecular flexibility index (Phi) is 8.35. The van der Waals surface area contributed by atoms with Crippen LogP contribution in [0.5, 0.6) is 5.75 Å². The first-order chi connectivity index (χ1) is 16.3. The van der Waals surface area contributed by atoms with Gasteiger partial charge in [0.05, 0.1) is 6.61 Å². The third kappa shape index (κ3) is 5.43. The molecule has 2 aromatic rings. The van der Waals surface area contributed by atoms with E-state index in [-0.39, 0.29) is 31.5 Å². The second kappa shape index (κ2) is 10.1. The molecule has 1 heterocycles. The summed E-state index contributed by atoms with van der Waals surface area (Å²) in [5, 5.41) is -6.08. The lowest BCUT2D eigenvalue weighted by Crippen LogP contribution is -2.65. The molecule has 0 bridgehead atoms. The van der Waals surface area contributed by atoms with E-state index in [0.29, 0.717) is 23.7 Å². The molecule has 0 fully saturated rings. The van der Waals surface area contributed by atoms with Crippen LogP contribution in [0.15, 0.2) is 33.5 Å². The molecule has 0 saturated heterocycles. The summed E-state index contributed by atoms with van der Waals surface area (Å²) >= 11 is 0. The Morgan fingerprint density at radius 3 is 2.11 bits per heavy atom. The van der Waals surface area contributed by atoms with E-state index in [1.165, 1.54) is 12.1 Å². The average molecular weight is 557 g/mol. The van der Waals surface area contributed by atoms with E-state index in [4.69, 9.17) is 9.15 Å². The number of ether oxygens (including phenoxy) is 1. The van der Waals surface area contributed by atoms with E-state index in [1.54, 1.807) is 19.1 Å². The third-order valence-electron chi connectivity index (χ3n) is 5.16. The summed E-state index contributed by atoms with van der Waals surface area (Å²) in [5.41, 5.74) is 0.372. The van der Waals surface area contributed by atoms with Crippen molar-refractivity contribution in [1.82, 2.24) is 4.31 Å². The molecule has 0 aliphatic rings. The largest absolute Gasteiger partial charge is 0.493 e. The van der Waals surface area contributed by atoms with Gasteiger partial charge in [0.2, 0.25) is 0 Å². The van der Waals surface area contributed by atoms with E-state index in [9.17, 15) is 52.7 Å². The molecule has 2 rings (SSSR count). The van der Waals surface area contributed by atoms with Crippen molar-refractivity contribution in [3.63, 3.8) is 0 Å². The normalized spacial score (nSPS) is 14.0. The zero-order chi connectivity index (χ0) is 27.7. The van der Waals surface area contributed by atoms with Crippen molar-refractivity contribution >= 4 is 21.0 Å². The van der Waals surface area contributed by atoms with Gasteiger partial charge in [-0.1, -0.05) is 0 Å². The molecular formula is C20H20F9NO5S. The van der Waals surface area contributed by atoms with Gasteiger partial charge >= 0.3 is 28.9 Å². The molecular weight excluding hydrogens is 537 g/mol. The quantitative estimate of drug-likeness (QED) is 0.212. The number of sulfonamides is 1. The van der Waals surface area contributed by atoms with Gasteiger partial charge in [0.15, 0.2) is 0 Å². The van der Waals surface area contributed by atoms with E-state index in [0.717, 1.165) is 0 Å². The van der Waals surface area contributed by atoms with Gasteiger partial charge in [0, 0.05) is 31.1 Å². The molecule has 1 aromatic heterocycles. The fourth-order valence-corrected chi connectivity index (χ4v) is 4.25. The zero-order valence-corrected chi connectivity index (χ0v) is 19.5. The van der Waals surface area contributed by atoms with Gasteiger partial charge in [0.1, 0.15) is 11.3 Å². The van der Waals surface area contributed by atoms with Crippen molar-refractivity contribution in [3.05, 3.63) is 40.2 Å². The molecule has 0 N–H and O–H groups in total. The zero-order valence-electron chi connectivity index (χ0n) is 18.6. The van der Waals surface area contributed by atoms with Crippen molar-refractivity contribution < 1.29 is 57.1 Å². The highest BCUT2D eigenvalue weighted by Crippen LogP contribution is 2.55. The van der Waals surface area contributed by atoms with Gasteiger partial charge < -0.3 is 9.15 Å². The molecule has 16 heteroatoms. The molecule has 36 heavy (non-hydrogen) atoms. The van der Waals surface area contributed by atoms with Crippen LogP contribution in [0.25, 0.3) is 11.0 Å². The second-order valence-corrected chi connectivity index (χ2v) is 9.89. The molecule has 0 saturated carbocycles. The van der Waals surface area contributed by atoms with Gasteiger partial charge in [-0.2, -0.15) is 43.8 Å². The summed E-state index contributed by atoms with van der Waals surface area (Å²) < 4.78 is 151. The standard InChI is InChI=1S/C20H20F9NO5S/c1-12-10-16(31)35-15-11-13(6-7-14(12)15)34-9-5-3-4-8-30(2)36(32,33)20(28,29)18(23,24)17(21,22)19(25,26)27/h6-7,10-11H,3-5,8-9H2,1-2H3. The highest BCUT2D eigenvalue weighted by molar-refractivity contribution is 7.90. The minimum atomic E-state index is -7.31. The lowest BCUT2D eigenvalue weighted by molar-refractivity contribution is -0.382. The summed E-state index contributed by atoms with van der Waals surface area (Å²) in [6.07, 6.45) is -7.07. The van der Waals surface area contributed by atoms with E-state index in [1.807, 2.05) is 0 Å². The van der Waals surface area contributed by atoms with Crippen LogP contribution in [-0.2, 0) is 10.0 Å². The Labute approximate surface area is 198 Å². The molecule has 6 nitrogen and oxygen atoms in total. The highest BCUT2D eigenvalue weighted by Gasteiger charge is 2.85. The number of benzene rings is 1. The van der Waals surface area contributed by atoms with Crippen molar-refractivity contribution in [1.29, 1.82) is 0 Å². The first-order valence-electron chi connectivity index (χ1n) is 10.1. The minimum Gasteiger partial charge on any atom is -0.493 e. The maximum absolute atomic E-state index is 13.8. The summed E-state index contributed by atoms with van der Waals surface area (Å²) in [4.78, 5) is 11.5. The number of fused-ring (bicyclic) bond motifs is 1. The van der Waals surface area contributed by atoms with Crippen LogP contribution in [0.3, 0.4) is 0 Å². The average Bonchev–Trinajstić information content (AvgIpc) is 2.74. The molecule has 0 amide bonds. The number of hydrogen-bond acceptors (Lipinski definition) is 5. The first-order valence-corrected chi connectivity index (χ1v) is 11.5. The van der Waals surface area contributed by atoms with Crippen molar-refractivity contribution in [2.24, 2.45) is 0 Å². The minimum absolute atomic E-state index is 0.0179. The van der Waals surface area contributed by atoms with Gasteiger partial charge in [-0.15, -0.1) is 0 Å². The van der Waals surface area contributed by atoms with Crippen LogP contribution in [0.1, 0.15) is 24.8 Å². The predicted octanol–water partition coefficient (Wildman–Crippen LogP) is 5.34. The van der Waals surface area contributed by atoms with Gasteiger partial charge in [-0.05, 0) is 43.9 Å². The molecule has 0 aliphatic heterocycles. The van der Waals surface area contributed by atoms with Crippen molar-refractivity contribution in [2.75, 3.05) is 20.2 Å². The third-order valence-corrected chi connectivity index (χ3v) is 7.07. The number of alkyl halides is 9. The summed E-state index contributed by atoms with van der Waals surface area (Å²) in [6.45, 7) is 0.853. The van der Waals surface area contributed by atoms with E-state index < -0.39 is 49.8 Å². The van der Waals surface area contributed by atoms with Crippen LogP contribution in [-0.4, -0.2) is 56.2 Å². The number of aryl methyl sites for hydroxylation is 1. The topological polar surface area (TPSA) is 76.8 Å². The molecule has 0 unspecified atom stereocenters. The van der Waals surface area contributed by atoms with Crippen molar-refractivity contribution in [2.45, 2.75) is 49.5 Å². The second-order valence-electron chi connectivity index (χ2n) is 7.81. The van der Waals surface area contributed by atoms with E-state index in [2.05, 4.69) is 0 Å². The van der Waals surface area contributed by atoms with Crippen molar-refractivity contribution in [3.8, 4) is 5.75 Å². The maximum atomic E-state index is 13.8. The molecule has 0 aliphatic carbocycles. The molecule has 1 aromatic carbocycles.